The molecule has 0 saturated carbocycles. The highest BCUT2D eigenvalue weighted by atomic mass is 16.2. The van der Waals surface area contributed by atoms with E-state index in [1.807, 2.05) is 12.3 Å². The summed E-state index contributed by atoms with van der Waals surface area (Å²) in [6.07, 6.45) is 8.87. The van der Waals surface area contributed by atoms with Crippen molar-refractivity contribution in [2.75, 3.05) is 39.3 Å². The highest BCUT2D eigenvalue weighted by Crippen LogP contribution is 2.27. The average Bonchev–Trinajstić information content (AvgIpc) is 3.35. The van der Waals surface area contributed by atoms with E-state index < -0.39 is 0 Å². The van der Waals surface area contributed by atoms with Crippen molar-refractivity contribution in [2.24, 2.45) is 5.92 Å². The number of likely N-dealkylation sites (tertiary alicyclic amines) is 3. The summed E-state index contributed by atoms with van der Waals surface area (Å²) >= 11 is 0. The molecule has 1 aromatic carbocycles. The normalized spacial score (nSPS) is 22.7. The summed E-state index contributed by atoms with van der Waals surface area (Å²) in [5.74, 6) is 0.712. The minimum atomic E-state index is 0.276. The first-order chi connectivity index (χ1) is 14.8. The number of amides is 1. The summed E-state index contributed by atoms with van der Waals surface area (Å²) in [6.45, 7) is 7.48. The summed E-state index contributed by atoms with van der Waals surface area (Å²) < 4.78 is 0. The van der Waals surface area contributed by atoms with Gasteiger partial charge in [0.1, 0.15) is 0 Å². The van der Waals surface area contributed by atoms with E-state index >= 15 is 0 Å². The van der Waals surface area contributed by atoms with Crippen molar-refractivity contribution in [1.29, 1.82) is 0 Å². The second-order valence-electron chi connectivity index (χ2n) is 9.34. The summed E-state index contributed by atoms with van der Waals surface area (Å²) in [7, 11) is 0. The molecule has 3 saturated heterocycles. The summed E-state index contributed by atoms with van der Waals surface area (Å²) in [6, 6.07) is 11.4. The largest absolute Gasteiger partial charge is 0.342 e. The Labute approximate surface area is 180 Å². The molecule has 3 aliphatic heterocycles. The van der Waals surface area contributed by atoms with E-state index in [1.165, 1.54) is 36.6 Å². The lowest BCUT2D eigenvalue weighted by Crippen LogP contribution is -2.49. The molecule has 3 aliphatic rings. The maximum absolute atomic E-state index is 12.7. The lowest BCUT2D eigenvalue weighted by atomic mass is 9.92. The SMILES string of the molecule is O=C(C1CCN(C2CCN(Cc3cccc4cccnc34)CC2)CC1)N1CCCC1. The highest BCUT2D eigenvalue weighted by molar-refractivity contribution is 5.81. The molecule has 160 valence electrons. The molecule has 5 heteroatoms. The van der Waals surface area contributed by atoms with Gasteiger partial charge >= 0.3 is 0 Å². The van der Waals surface area contributed by atoms with E-state index in [-0.39, 0.29) is 5.92 Å². The molecular formula is C25H34N4O. The average molecular weight is 407 g/mol. The van der Waals surface area contributed by atoms with Crippen LogP contribution < -0.4 is 0 Å². The van der Waals surface area contributed by atoms with Crippen LogP contribution in [0.3, 0.4) is 0 Å². The zero-order valence-corrected chi connectivity index (χ0v) is 18.0. The first-order valence-corrected chi connectivity index (χ1v) is 11.9. The molecular weight excluding hydrogens is 372 g/mol. The van der Waals surface area contributed by atoms with Crippen LogP contribution in [0, 0.1) is 5.92 Å². The van der Waals surface area contributed by atoms with Crippen LogP contribution in [0.4, 0.5) is 0 Å². The number of hydrogen-bond acceptors (Lipinski definition) is 4. The summed E-state index contributed by atoms with van der Waals surface area (Å²) in [5.41, 5.74) is 2.49. The van der Waals surface area contributed by atoms with Gasteiger partial charge in [0.15, 0.2) is 0 Å². The number of carbonyl (C=O) groups is 1. The molecule has 0 aliphatic carbocycles. The Morgan fingerprint density at radius 1 is 0.900 bits per heavy atom. The zero-order chi connectivity index (χ0) is 20.3. The highest BCUT2D eigenvalue weighted by Gasteiger charge is 2.33. The smallest absolute Gasteiger partial charge is 0.225 e. The van der Waals surface area contributed by atoms with Gasteiger partial charge in [0.25, 0.3) is 0 Å². The van der Waals surface area contributed by atoms with E-state index in [4.69, 9.17) is 0 Å². The second-order valence-corrected chi connectivity index (χ2v) is 9.34. The van der Waals surface area contributed by atoms with Crippen LogP contribution in [-0.2, 0) is 11.3 Å². The van der Waals surface area contributed by atoms with Crippen molar-refractivity contribution in [3.05, 3.63) is 42.1 Å². The van der Waals surface area contributed by atoms with Crippen LogP contribution in [0.25, 0.3) is 10.9 Å². The maximum Gasteiger partial charge on any atom is 0.225 e. The molecule has 0 radical (unpaired) electrons. The number of rotatable bonds is 4. The first-order valence-electron chi connectivity index (χ1n) is 11.9. The van der Waals surface area contributed by atoms with Crippen LogP contribution in [0.15, 0.2) is 36.5 Å². The molecule has 5 nitrogen and oxygen atoms in total. The van der Waals surface area contributed by atoms with Crippen molar-refractivity contribution in [2.45, 2.75) is 51.1 Å². The third-order valence-corrected chi connectivity index (χ3v) is 7.48. The van der Waals surface area contributed by atoms with Crippen LogP contribution >= 0.6 is 0 Å². The predicted molar refractivity (Wildman–Crippen MR) is 120 cm³/mol. The first kappa shape index (κ1) is 20.0. The molecule has 0 atom stereocenters. The maximum atomic E-state index is 12.7. The van der Waals surface area contributed by atoms with Crippen LogP contribution in [0.2, 0.25) is 0 Å². The van der Waals surface area contributed by atoms with Gasteiger partial charge in [0, 0.05) is 43.2 Å². The molecule has 3 fully saturated rings. The molecule has 0 unspecified atom stereocenters. The van der Waals surface area contributed by atoms with Gasteiger partial charge in [-0.25, -0.2) is 0 Å². The van der Waals surface area contributed by atoms with E-state index in [2.05, 4.69) is 43.9 Å². The molecule has 1 aromatic heterocycles. The van der Waals surface area contributed by atoms with Crippen molar-refractivity contribution < 1.29 is 4.79 Å². The Morgan fingerprint density at radius 3 is 2.40 bits per heavy atom. The molecule has 0 N–H and O–H groups in total. The number of para-hydroxylation sites is 1. The third kappa shape index (κ3) is 4.23. The Hall–Kier alpha value is -1.98. The number of hydrogen-bond donors (Lipinski definition) is 0. The Morgan fingerprint density at radius 2 is 1.63 bits per heavy atom. The minimum Gasteiger partial charge on any atom is -0.342 e. The Balaban J connectivity index is 1.11. The number of aromatic nitrogens is 1. The van der Waals surface area contributed by atoms with E-state index in [0.29, 0.717) is 11.9 Å². The summed E-state index contributed by atoms with van der Waals surface area (Å²) in [5, 5.41) is 1.23. The zero-order valence-electron chi connectivity index (χ0n) is 18.0. The van der Waals surface area contributed by atoms with Gasteiger partial charge in [-0.05, 0) is 76.3 Å². The molecule has 4 heterocycles. The Bertz CT molecular complexity index is 857. The topological polar surface area (TPSA) is 39.7 Å². The van der Waals surface area contributed by atoms with E-state index in [0.717, 1.165) is 64.2 Å². The van der Waals surface area contributed by atoms with Gasteiger partial charge in [-0.2, -0.15) is 0 Å². The van der Waals surface area contributed by atoms with Gasteiger partial charge in [-0.3, -0.25) is 14.7 Å². The number of nitrogens with zero attached hydrogens (tertiary/aromatic N) is 4. The van der Waals surface area contributed by atoms with Crippen molar-refractivity contribution >= 4 is 16.8 Å². The fraction of sp³-hybridized carbons (Fsp3) is 0.600. The number of benzene rings is 1. The molecule has 30 heavy (non-hydrogen) atoms. The van der Waals surface area contributed by atoms with Gasteiger partial charge in [0.2, 0.25) is 5.91 Å². The van der Waals surface area contributed by atoms with E-state index in [1.54, 1.807) is 0 Å². The van der Waals surface area contributed by atoms with Gasteiger partial charge in [-0.1, -0.05) is 24.3 Å². The van der Waals surface area contributed by atoms with Gasteiger partial charge in [0.05, 0.1) is 5.52 Å². The van der Waals surface area contributed by atoms with Crippen LogP contribution in [0.1, 0.15) is 44.1 Å². The van der Waals surface area contributed by atoms with Crippen LogP contribution in [-0.4, -0.2) is 70.9 Å². The molecule has 2 aromatic rings. The van der Waals surface area contributed by atoms with Crippen molar-refractivity contribution in [3.8, 4) is 0 Å². The lowest BCUT2D eigenvalue weighted by Gasteiger charge is -2.42. The van der Waals surface area contributed by atoms with Gasteiger partial charge < -0.3 is 9.80 Å². The second kappa shape index (κ2) is 9.03. The third-order valence-electron chi connectivity index (χ3n) is 7.48. The minimum absolute atomic E-state index is 0.276. The quantitative estimate of drug-likeness (QED) is 0.779. The van der Waals surface area contributed by atoms with Crippen LogP contribution in [0.5, 0.6) is 0 Å². The number of pyridine rings is 1. The predicted octanol–water partition coefficient (Wildman–Crippen LogP) is 3.53. The van der Waals surface area contributed by atoms with Crippen molar-refractivity contribution in [1.82, 2.24) is 19.7 Å². The monoisotopic (exact) mass is 406 g/mol. The molecule has 0 spiro atoms. The molecule has 0 bridgehead atoms. The van der Waals surface area contributed by atoms with Crippen molar-refractivity contribution in [3.63, 3.8) is 0 Å². The number of fused-ring (bicyclic) bond motifs is 1. The fourth-order valence-electron chi connectivity index (χ4n) is 5.69. The van der Waals surface area contributed by atoms with Gasteiger partial charge in [-0.15, -0.1) is 0 Å². The molecule has 1 amide bonds. The fourth-order valence-corrected chi connectivity index (χ4v) is 5.69. The molecule has 5 rings (SSSR count). The standard InChI is InChI=1S/C25H34N4O/c30-25(29-13-1-2-14-29)21-8-17-28(18-9-21)23-10-15-27(16-11-23)19-22-6-3-5-20-7-4-12-26-24(20)22/h3-7,12,21,23H,1-2,8-11,13-19H2. The number of piperidine rings is 2. The Kier molecular flexibility index (Phi) is 6.00. The lowest BCUT2D eigenvalue weighted by molar-refractivity contribution is -0.136. The summed E-state index contributed by atoms with van der Waals surface area (Å²) in [4.78, 5) is 24.7. The van der Waals surface area contributed by atoms with E-state index in [9.17, 15) is 4.79 Å². The number of carbonyl (C=O) groups excluding carboxylic acids is 1.